The van der Waals surface area contributed by atoms with E-state index in [1.54, 1.807) is 6.20 Å². The van der Waals surface area contributed by atoms with Crippen molar-refractivity contribution < 1.29 is 0 Å². The van der Waals surface area contributed by atoms with E-state index in [2.05, 4.69) is 42.8 Å². The number of nitrogens with zero attached hydrogens (tertiary/aromatic N) is 1. The fraction of sp³-hybridized carbons (Fsp3) is 0.133. The van der Waals surface area contributed by atoms with Gasteiger partial charge in [-0.25, -0.2) is 4.98 Å². The monoisotopic (exact) mass is 224 g/mol. The maximum absolute atomic E-state index is 5.58. The molecule has 0 fully saturated rings. The Labute approximate surface area is 102 Å². The summed E-state index contributed by atoms with van der Waals surface area (Å²) in [6.45, 7) is 5.95. The number of hydrogen-bond acceptors (Lipinski definition) is 2. The molecule has 1 aromatic carbocycles. The average molecular weight is 224 g/mol. The van der Waals surface area contributed by atoms with Gasteiger partial charge in [-0.3, -0.25) is 0 Å². The van der Waals surface area contributed by atoms with Crippen LogP contribution in [0, 0.1) is 0 Å². The van der Waals surface area contributed by atoms with Crippen molar-refractivity contribution >= 4 is 5.82 Å². The number of nitrogens with two attached hydrogens (primary N) is 1. The van der Waals surface area contributed by atoms with Crippen LogP contribution in [0.5, 0.6) is 0 Å². The Morgan fingerprint density at radius 1 is 1.24 bits per heavy atom. The number of benzene rings is 1. The zero-order chi connectivity index (χ0) is 12.3. The minimum Gasteiger partial charge on any atom is -0.384 e. The van der Waals surface area contributed by atoms with Crippen molar-refractivity contribution in [2.24, 2.45) is 0 Å². The van der Waals surface area contributed by atoms with Gasteiger partial charge in [-0.2, -0.15) is 0 Å². The molecule has 0 aliphatic heterocycles. The fourth-order valence-electron chi connectivity index (χ4n) is 1.71. The first-order valence-corrected chi connectivity index (χ1v) is 5.65. The summed E-state index contributed by atoms with van der Waals surface area (Å²) < 4.78 is 0. The fourth-order valence-corrected chi connectivity index (χ4v) is 1.71. The zero-order valence-corrected chi connectivity index (χ0v) is 9.93. The Bertz CT molecular complexity index is 515. The van der Waals surface area contributed by atoms with Crippen LogP contribution in [0.2, 0.25) is 0 Å². The molecule has 0 saturated heterocycles. The lowest BCUT2D eigenvalue weighted by atomic mass is 9.97. The number of hydrogen-bond donors (Lipinski definition) is 1. The van der Waals surface area contributed by atoms with E-state index in [1.165, 1.54) is 5.56 Å². The first-order valence-electron chi connectivity index (χ1n) is 5.65. The van der Waals surface area contributed by atoms with E-state index < -0.39 is 0 Å². The van der Waals surface area contributed by atoms with Gasteiger partial charge in [0.05, 0.1) is 0 Å². The van der Waals surface area contributed by atoms with Gasteiger partial charge >= 0.3 is 0 Å². The molecule has 0 bridgehead atoms. The number of aromatic nitrogens is 1. The summed E-state index contributed by atoms with van der Waals surface area (Å²) in [5, 5.41) is 0. The predicted molar refractivity (Wildman–Crippen MR) is 72.7 cm³/mol. The van der Waals surface area contributed by atoms with Crippen molar-refractivity contribution in [2.45, 2.75) is 12.8 Å². The van der Waals surface area contributed by atoms with Crippen molar-refractivity contribution in [2.75, 3.05) is 5.73 Å². The van der Waals surface area contributed by atoms with Crippen LogP contribution in [0.3, 0.4) is 0 Å². The van der Waals surface area contributed by atoms with Crippen molar-refractivity contribution in [3.8, 4) is 11.1 Å². The van der Waals surface area contributed by atoms with Crippen LogP contribution in [0.15, 0.2) is 55.3 Å². The Hall–Kier alpha value is -2.09. The third kappa shape index (κ3) is 2.53. The van der Waals surface area contributed by atoms with Gasteiger partial charge in [0.25, 0.3) is 0 Å². The summed E-state index contributed by atoms with van der Waals surface area (Å²) in [5.74, 6) is 0.904. The van der Waals surface area contributed by atoms with Crippen LogP contribution in [-0.2, 0) is 0 Å². The SMILES string of the molecule is C=CC(C)c1cccc(-c2ccc(N)nc2)c1. The Morgan fingerprint density at radius 3 is 2.71 bits per heavy atom. The molecule has 17 heavy (non-hydrogen) atoms. The topological polar surface area (TPSA) is 38.9 Å². The zero-order valence-electron chi connectivity index (χ0n) is 9.93. The van der Waals surface area contributed by atoms with Crippen molar-refractivity contribution in [1.29, 1.82) is 0 Å². The molecule has 2 heteroatoms. The largest absolute Gasteiger partial charge is 0.384 e. The predicted octanol–water partition coefficient (Wildman–Crippen LogP) is 3.62. The number of pyridine rings is 1. The smallest absolute Gasteiger partial charge is 0.123 e. The van der Waals surface area contributed by atoms with Crippen LogP contribution in [-0.4, -0.2) is 4.98 Å². The summed E-state index contributed by atoms with van der Waals surface area (Å²) in [4.78, 5) is 4.11. The normalized spacial score (nSPS) is 12.1. The first-order chi connectivity index (χ1) is 8.20. The van der Waals surface area contributed by atoms with Crippen LogP contribution in [0.25, 0.3) is 11.1 Å². The van der Waals surface area contributed by atoms with Gasteiger partial charge in [0, 0.05) is 11.8 Å². The molecule has 0 aliphatic rings. The highest BCUT2D eigenvalue weighted by Gasteiger charge is 2.03. The molecular formula is C15H16N2. The molecule has 0 amide bonds. The molecule has 2 rings (SSSR count). The van der Waals surface area contributed by atoms with Gasteiger partial charge in [0.15, 0.2) is 0 Å². The Kier molecular flexibility index (Phi) is 3.24. The van der Waals surface area contributed by atoms with E-state index in [4.69, 9.17) is 5.73 Å². The molecule has 2 aromatic rings. The average Bonchev–Trinajstić information content (AvgIpc) is 2.39. The molecule has 0 radical (unpaired) electrons. The molecule has 1 unspecified atom stereocenters. The Morgan fingerprint density at radius 2 is 2.06 bits per heavy atom. The third-order valence-electron chi connectivity index (χ3n) is 2.89. The highest BCUT2D eigenvalue weighted by Crippen LogP contribution is 2.24. The second kappa shape index (κ2) is 4.83. The lowest BCUT2D eigenvalue weighted by Gasteiger charge is -2.09. The lowest BCUT2D eigenvalue weighted by Crippen LogP contribution is -1.91. The molecule has 86 valence electrons. The van der Waals surface area contributed by atoms with Gasteiger partial charge in [0.2, 0.25) is 0 Å². The molecule has 0 aliphatic carbocycles. The maximum Gasteiger partial charge on any atom is 0.123 e. The van der Waals surface area contributed by atoms with Crippen molar-refractivity contribution in [3.63, 3.8) is 0 Å². The van der Waals surface area contributed by atoms with Gasteiger partial charge in [-0.15, -0.1) is 6.58 Å². The second-order valence-corrected chi connectivity index (χ2v) is 4.12. The van der Waals surface area contributed by atoms with Crippen LogP contribution >= 0.6 is 0 Å². The molecule has 1 aromatic heterocycles. The minimum absolute atomic E-state index is 0.358. The first kappa shape index (κ1) is 11.4. The van der Waals surface area contributed by atoms with Crippen molar-refractivity contribution in [1.82, 2.24) is 4.98 Å². The molecule has 1 atom stereocenters. The number of anilines is 1. The summed E-state index contributed by atoms with van der Waals surface area (Å²) in [6, 6.07) is 12.2. The van der Waals surface area contributed by atoms with Crippen molar-refractivity contribution in [3.05, 3.63) is 60.8 Å². The molecule has 1 heterocycles. The van der Waals surface area contributed by atoms with Crippen LogP contribution < -0.4 is 5.73 Å². The van der Waals surface area contributed by atoms with E-state index in [9.17, 15) is 0 Å². The Balaban J connectivity index is 2.39. The summed E-state index contributed by atoms with van der Waals surface area (Å²) >= 11 is 0. The summed E-state index contributed by atoms with van der Waals surface area (Å²) in [7, 11) is 0. The van der Waals surface area contributed by atoms with Crippen LogP contribution in [0.1, 0.15) is 18.4 Å². The van der Waals surface area contributed by atoms with Gasteiger partial charge in [-0.1, -0.05) is 37.3 Å². The molecule has 0 saturated carbocycles. The van der Waals surface area contributed by atoms with Crippen LogP contribution in [0.4, 0.5) is 5.82 Å². The minimum atomic E-state index is 0.358. The number of nitrogen functional groups attached to an aromatic ring is 1. The van der Waals surface area contributed by atoms with Gasteiger partial charge < -0.3 is 5.73 Å². The number of allylic oxidation sites excluding steroid dienone is 1. The van der Waals surface area contributed by atoms with E-state index in [0.29, 0.717) is 11.7 Å². The molecule has 2 nitrogen and oxygen atoms in total. The molecule has 0 spiro atoms. The van der Waals surface area contributed by atoms with E-state index in [1.807, 2.05) is 18.2 Å². The third-order valence-corrected chi connectivity index (χ3v) is 2.89. The van der Waals surface area contributed by atoms with Gasteiger partial charge in [0.1, 0.15) is 5.82 Å². The van der Waals surface area contributed by atoms with E-state index in [0.717, 1.165) is 11.1 Å². The standard InChI is InChI=1S/C15H16N2/c1-3-11(2)12-5-4-6-13(9-12)14-7-8-15(16)17-10-14/h3-11H,1H2,2H3,(H2,16,17). The molecular weight excluding hydrogens is 208 g/mol. The van der Waals surface area contributed by atoms with E-state index >= 15 is 0 Å². The van der Waals surface area contributed by atoms with E-state index in [-0.39, 0.29) is 0 Å². The maximum atomic E-state index is 5.58. The second-order valence-electron chi connectivity index (χ2n) is 4.12. The number of rotatable bonds is 3. The highest BCUT2D eigenvalue weighted by atomic mass is 14.8. The molecule has 2 N–H and O–H groups in total. The summed E-state index contributed by atoms with van der Waals surface area (Å²) in [5.41, 5.74) is 9.08. The lowest BCUT2D eigenvalue weighted by molar-refractivity contribution is 0.972. The van der Waals surface area contributed by atoms with Gasteiger partial charge in [-0.05, 0) is 29.2 Å². The summed E-state index contributed by atoms with van der Waals surface area (Å²) in [6.07, 6.45) is 3.74. The highest BCUT2D eigenvalue weighted by molar-refractivity contribution is 5.64. The quantitative estimate of drug-likeness (QED) is 0.809.